The van der Waals surface area contributed by atoms with Gasteiger partial charge in [-0.2, -0.15) is 0 Å². The molecule has 15 heavy (non-hydrogen) atoms. The minimum Gasteiger partial charge on any atom is -0.348 e. The molecule has 3 heteroatoms. The van der Waals surface area contributed by atoms with E-state index in [-0.39, 0.29) is 0 Å². The van der Waals surface area contributed by atoms with Crippen molar-refractivity contribution in [3.63, 3.8) is 0 Å². The molecule has 2 heterocycles. The molecule has 0 amide bonds. The predicted molar refractivity (Wildman–Crippen MR) is 62.6 cm³/mol. The second-order valence-electron chi connectivity index (χ2n) is 3.06. The van der Waals surface area contributed by atoms with Gasteiger partial charge < -0.3 is 4.98 Å². The molecule has 0 atom stereocenters. The van der Waals surface area contributed by atoms with Gasteiger partial charge in [-0.15, -0.1) is 0 Å². The molecule has 0 aliphatic heterocycles. The number of imidazole rings is 1. The van der Waals surface area contributed by atoms with Gasteiger partial charge in [-0.1, -0.05) is 13.8 Å². The maximum Gasteiger partial charge on any atom is 0.0929 e. The highest BCUT2D eigenvalue weighted by molar-refractivity contribution is 5.61. The van der Waals surface area contributed by atoms with E-state index in [9.17, 15) is 0 Å². The van der Waals surface area contributed by atoms with E-state index in [0.717, 1.165) is 22.6 Å². The van der Waals surface area contributed by atoms with Crippen LogP contribution in [0.25, 0.3) is 11.3 Å². The third-order valence-corrected chi connectivity index (χ3v) is 2.00. The van der Waals surface area contributed by atoms with Gasteiger partial charge in [-0.05, 0) is 26.0 Å². The summed E-state index contributed by atoms with van der Waals surface area (Å²) in [4.78, 5) is 11.4. The number of pyridine rings is 1. The Labute approximate surface area is 90.6 Å². The molecule has 2 aromatic rings. The number of nitrogens with one attached hydrogen (secondary N) is 1. The fourth-order valence-electron chi connectivity index (χ4n) is 1.34. The van der Waals surface area contributed by atoms with Crippen molar-refractivity contribution in [3.05, 3.63) is 36.0 Å². The van der Waals surface area contributed by atoms with Gasteiger partial charge in [-0.25, -0.2) is 4.98 Å². The van der Waals surface area contributed by atoms with Crippen molar-refractivity contribution in [3.8, 4) is 11.3 Å². The van der Waals surface area contributed by atoms with Crippen LogP contribution in [0.15, 0.2) is 24.7 Å². The maximum absolute atomic E-state index is 4.24. The van der Waals surface area contributed by atoms with E-state index in [1.165, 1.54) is 0 Å². The van der Waals surface area contributed by atoms with Crippen LogP contribution in [0, 0.1) is 13.8 Å². The number of hydrogen-bond acceptors (Lipinski definition) is 2. The van der Waals surface area contributed by atoms with Crippen LogP contribution in [0.1, 0.15) is 25.2 Å². The SMILES string of the molecule is CC.Cc1cc(-c2nc[nH]c2C)ccn1. The number of aromatic amines is 1. The summed E-state index contributed by atoms with van der Waals surface area (Å²) in [6, 6.07) is 4.00. The molecule has 2 rings (SSSR count). The van der Waals surface area contributed by atoms with Crippen molar-refractivity contribution in [1.29, 1.82) is 0 Å². The Morgan fingerprint density at radius 2 is 1.87 bits per heavy atom. The normalized spacial score (nSPS) is 9.33. The van der Waals surface area contributed by atoms with Crippen molar-refractivity contribution >= 4 is 0 Å². The zero-order chi connectivity index (χ0) is 11.3. The van der Waals surface area contributed by atoms with Crippen molar-refractivity contribution in [2.75, 3.05) is 0 Å². The largest absolute Gasteiger partial charge is 0.348 e. The second-order valence-corrected chi connectivity index (χ2v) is 3.06. The van der Waals surface area contributed by atoms with Crippen molar-refractivity contribution in [2.24, 2.45) is 0 Å². The van der Waals surface area contributed by atoms with Crippen LogP contribution < -0.4 is 0 Å². The summed E-state index contributed by atoms with van der Waals surface area (Å²) in [5.41, 5.74) is 4.22. The summed E-state index contributed by atoms with van der Waals surface area (Å²) in [7, 11) is 0. The first-order chi connectivity index (χ1) is 7.27. The minimum atomic E-state index is 1.01. The molecule has 0 aromatic carbocycles. The molecular formula is C12H17N3. The van der Waals surface area contributed by atoms with Crippen molar-refractivity contribution in [1.82, 2.24) is 15.0 Å². The van der Waals surface area contributed by atoms with Crippen molar-refractivity contribution in [2.45, 2.75) is 27.7 Å². The summed E-state index contributed by atoms with van der Waals surface area (Å²) >= 11 is 0. The van der Waals surface area contributed by atoms with Gasteiger partial charge in [0, 0.05) is 23.1 Å². The molecule has 80 valence electrons. The molecular weight excluding hydrogens is 186 g/mol. The van der Waals surface area contributed by atoms with E-state index < -0.39 is 0 Å². The molecule has 0 fully saturated rings. The summed E-state index contributed by atoms with van der Waals surface area (Å²) in [5, 5.41) is 0. The van der Waals surface area contributed by atoms with Crippen LogP contribution in [0.4, 0.5) is 0 Å². The Hall–Kier alpha value is -1.64. The number of nitrogens with zero attached hydrogens (tertiary/aromatic N) is 2. The molecule has 1 N–H and O–H groups in total. The fraction of sp³-hybridized carbons (Fsp3) is 0.333. The lowest BCUT2D eigenvalue weighted by molar-refractivity contribution is 1.19. The average Bonchev–Trinajstić information content (AvgIpc) is 2.67. The summed E-state index contributed by atoms with van der Waals surface area (Å²) in [6.07, 6.45) is 3.51. The van der Waals surface area contributed by atoms with Gasteiger partial charge in [0.15, 0.2) is 0 Å². The zero-order valence-corrected chi connectivity index (χ0v) is 9.70. The summed E-state index contributed by atoms with van der Waals surface area (Å²) in [5.74, 6) is 0. The number of aromatic nitrogens is 3. The van der Waals surface area contributed by atoms with Gasteiger partial charge in [-0.3, -0.25) is 4.98 Å². The fourth-order valence-corrected chi connectivity index (χ4v) is 1.34. The Kier molecular flexibility index (Phi) is 4.03. The maximum atomic E-state index is 4.24. The number of rotatable bonds is 1. The molecule has 0 bridgehead atoms. The van der Waals surface area contributed by atoms with Gasteiger partial charge in [0.2, 0.25) is 0 Å². The Bertz CT molecular complexity index is 418. The average molecular weight is 203 g/mol. The lowest BCUT2D eigenvalue weighted by Gasteiger charge is -1.98. The van der Waals surface area contributed by atoms with E-state index in [2.05, 4.69) is 15.0 Å². The third-order valence-electron chi connectivity index (χ3n) is 2.00. The Morgan fingerprint density at radius 1 is 1.13 bits per heavy atom. The molecule has 0 spiro atoms. The Balaban J connectivity index is 0.000000531. The van der Waals surface area contributed by atoms with Gasteiger partial charge in [0.25, 0.3) is 0 Å². The van der Waals surface area contributed by atoms with Crippen LogP contribution in [0.2, 0.25) is 0 Å². The smallest absolute Gasteiger partial charge is 0.0929 e. The number of H-pyrrole nitrogens is 1. The standard InChI is InChI=1S/C10H11N3.C2H6/c1-7-5-9(3-4-11-7)10-8(2)12-6-13-10;1-2/h3-6H,1-2H3,(H,12,13);1-2H3. The zero-order valence-electron chi connectivity index (χ0n) is 9.70. The first-order valence-electron chi connectivity index (χ1n) is 5.20. The molecule has 3 nitrogen and oxygen atoms in total. The molecule has 0 aliphatic rings. The lowest BCUT2D eigenvalue weighted by atomic mass is 10.1. The highest BCUT2D eigenvalue weighted by Gasteiger charge is 2.03. The van der Waals surface area contributed by atoms with E-state index >= 15 is 0 Å². The first kappa shape index (κ1) is 11.4. The van der Waals surface area contributed by atoms with E-state index in [0.29, 0.717) is 0 Å². The highest BCUT2D eigenvalue weighted by atomic mass is 14.9. The van der Waals surface area contributed by atoms with E-state index in [1.807, 2.05) is 39.8 Å². The number of aryl methyl sites for hydroxylation is 2. The predicted octanol–water partition coefficient (Wildman–Crippen LogP) is 3.11. The second kappa shape index (κ2) is 5.29. The Morgan fingerprint density at radius 3 is 2.40 bits per heavy atom. The van der Waals surface area contributed by atoms with Crippen molar-refractivity contribution < 1.29 is 0 Å². The van der Waals surface area contributed by atoms with E-state index in [4.69, 9.17) is 0 Å². The molecule has 0 saturated carbocycles. The molecule has 0 radical (unpaired) electrons. The topological polar surface area (TPSA) is 41.6 Å². The molecule has 0 unspecified atom stereocenters. The van der Waals surface area contributed by atoms with Crippen LogP contribution in [-0.4, -0.2) is 15.0 Å². The number of hydrogen-bond donors (Lipinski definition) is 1. The molecule has 2 aromatic heterocycles. The van der Waals surface area contributed by atoms with Crippen LogP contribution in [0.5, 0.6) is 0 Å². The van der Waals surface area contributed by atoms with Crippen LogP contribution in [-0.2, 0) is 0 Å². The third kappa shape index (κ3) is 2.65. The van der Waals surface area contributed by atoms with Gasteiger partial charge in [0.05, 0.1) is 12.0 Å². The quantitative estimate of drug-likeness (QED) is 0.773. The molecule has 0 saturated heterocycles. The molecule has 0 aliphatic carbocycles. The van der Waals surface area contributed by atoms with Gasteiger partial charge in [0.1, 0.15) is 0 Å². The van der Waals surface area contributed by atoms with Gasteiger partial charge >= 0.3 is 0 Å². The summed E-state index contributed by atoms with van der Waals surface area (Å²) < 4.78 is 0. The highest BCUT2D eigenvalue weighted by Crippen LogP contribution is 2.19. The lowest BCUT2D eigenvalue weighted by Crippen LogP contribution is -1.84. The minimum absolute atomic E-state index is 1.01. The monoisotopic (exact) mass is 203 g/mol. The van der Waals surface area contributed by atoms with Crippen LogP contribution >= 0.6 is 0 Å². The van der Waals surface area contributed by atoms with E-state index in [1.54, 1.807) is 12.5 Å². The van der Waals surface area contributed by atoms with Crippen LogP contribution in [0.3, 0.4) is 0 Å². The first-order valence-corrected chi connectivity index (χ1v) is 5.20. The summed E-state index contributed by atoms with van der Waals surface area (Å²) in [6.45, 7) is 7.99.